The summed E-state index contributed by atoms with van der Waals surface area (Å²) < 4.78 is 10.9. The van der Waals surface area contributed by atoms with E-state index in [1.54, 1.807) is 7.11 Å². The molecule has 1 heterocycles. The molecule has 0 bridgehead atoms. The third-order valence-electron chi connectivity index (χ3n) is 3.39. The number of benzene rings is 1. The number of hydrogen-bond donors (Lipinski definition) is 1. The van der Waals surface area contributed by atoms with Gasteiger partial charge < -0.3 is 14.8 Å². The fraction of sp³-hybridized carbons (Fsp3) is 0.571. The molecule has 0 aliphatic carbocycles. The molecule has 0 radical (unpaired) electrons. The van der Waals surface area contributed by atoms with Crippen molar-refractivity contribution in [1.82, 2.24) is 5.32 Å². The molecule has 1 aromatic rings. The summed E-state index contributed by atoms with van der Waals surface area (Å²) in [4.78, 5) is 0. The van der Waals surface area contributed by atoms with Crippen molar-refractivity contribution in [2.24, 2.45) is 5.92 Å². The zero-order valence-electron chi connectivity index (χ0n) is 11.0. The van der Waals surface area contributed by atoms with Crippen molar-refractivity contribution >= 4 is 23.2 Å². The van der Waals surface area contributed by atoms with E-state index in [9.17, 15) is 0 Å². The second-order valence-electron chi connectivity index (χ2n) is 4.67. The zero-order valence-corrected chi connectivity index (χ0v) is 12.5. The van der Waals surface area contributed by atoms with E-state index in [2.05, 4.69) is 5.32 Å². The highest BCUT2D eigenvalue weighted by Gasteiger charge is 2.32. The van der Waals surface area contributed by atoms with Gasteiger partial charge in [-0.1, -0.05) is 29.3 Å². The van der Waals surface area contributed by atoms with E-state index in [0.717, 1.165) is 31.7 Å². The van der Waals surface area contributed by atoms with E-state index in [0.29, 0.717) is 22.6 Å². The van der Waals surface area contributed by atoms with Crippen molar-refractivity contribution in [2.45, 2.75) is 12.5 Å². The van der Waals surface area contributed by atoms with Crippen LogP contribution in [0, 0.1) is 5.92 Å². The van der Waals surface area contributed by atoms with Crippen LogP contribution in [0.5, 0.6) is 0 Å². The van der Waals surface area contributed by atoms with Gasteiger partial charge in [-0.25, -0.2) is 0 Å². The van der Waals surface area contributed by atoms with E-state index in [1.807, 2.05) is 18.2 Å². The Morgan fingerprint density at radius 3 is 2.79 bits per heavy atom. The molecule has 1 saturated heterocycles. The van der Waals surface area contributed by atoms with Gasteiger partial charge in [-0.15, -0.1) is 0 Å². The van der Waals surface area contributed by atoms with Gasteiger partial charge in [-0.3, -0.25) is 0 Å². The average molecular weight is 304 g/mol. The quantitative estimate of drug-likeness (QED) is 0.818. The van der Waals surface area contributed by atoms with Crippen LogP contribution in [0.2, 0.25) is 10.0 Å². The van der Waals surface area contributed by atoms with Gasteiger partial charge in [0.2, 0.25) is 0 Å². The first-order valence-corrected chi connectivity index (χ1v) is 7.24. The normalized spacial score (nSPS) is 22.9. The first-order chi connectivity index (χ1) is 9.24. The van der Waals surface area contributed by atoms with Gasteiger partial charge in [-0.2, -0.15) is 0 Å². The zero-order chi connectivity index (χ0) is 13.7. The maximum absolute atomic E-state index is 6.25. The molecule has 0 spiro atoms. The van der Waals surface area contributed by atoms with Crippen molar-refractivity contribution in [3.63, 3.8) is 0 Å². The second kappa shape index (κ2) is 7.46. The SMILES string of the molecule is COCCNCC1CCOC1c1c(Cl)cccc1Cl. The molecule has 0 aromatic heterocycles. The Morgan fingerprint density at radius 1 is 1.37 bits per heavy atom. The van der Waals surface area contributed by atoms with E-state index >= 15 is 0 Å². The summed E-state index contributed by atoms with van der Waals surface area (Å²) in [6, 6.07) is 5.58. The van der Waals surface area contributed by atoms with Crippen molar-refractivity contribution in [2.75, 3.05) is 33.4 Å². The Bertz CT molecular complexity index is 394. The summed E-state index contributed by atoms with van der Waals surface area (Å²) in [5.41, 5.74) is 0.918. The molecular weight excluding hydrogens is 285 g/mol. The standard InChI is InChI=1S/C14H19Cl2NO2/c1-18-8-6-17-9-10-5-7-19-14(10)13-11(15)3-2-4-12(13)16/h2-4,10,14,17H,5-9H2,1H3. The molecule has 2 unspecified atom stereocenters. The van der Waals surface area contributed by atoms with Crippen LogP contribution >= 0.6 is 23.2 Å². The highest BCUT2D eigenvalue weighted by molar-refractivity contribution is 6.36. The van der Waals surface area contributed by atoms with Crippen LogP contribution in [-0.4, -0.2) is 33.4 Å². The Hall–Kier alpha value is -0.320. The Balaban J connectivity index is 2.02. The topological polar surface area (TPSA) is 30.5 Å². The molecule has 1 aromatic carbocycles. The minimum absolute atomic E-state index is 0.0174. The van der Waals surface area contributed by atoms with E-state index in [1.165, 1.54) is 0 Å². The molecule has 2 rings (SSSR count). The minimum Gasteiger partial charge on any atom is -0.383 e. The number of ether oxygens (including phenoxy) is 2. The molecule has 19 heavy (non-hydrogen) atoms. The van der Waals surface area contributed by atoms with Crippen LogP contribution in [0.1, 0.15) is 18.1 Å². The van der Waals surface area contributed by atoms with E-state index in [-0.39, 0.29) is 6.10 Å². The first-order valence-electron chi connectivity index (χ1n) is 6.49. The molecular formula is C14H19Cl2NO2. The predicted octanol–water partition coefficient (Wildman–Crippen LogP) is 3.31. The summed E-state index contributed by atoms with van der Waals surface area (Å²) in [6.45, 7) is 3.19. The molecule has 0 saturated carbocycles. The highest BCUT2D eigenvalue weighted by atomic mass is 35.5. The predicted molar refractivity (Wildman–Crippen MR) is 78.0 cm³/mol. The van der Waals surface area contributed by atoms with Crippen molar-refractivity contribution in [3.05, 3.63) is 33.8 Å². The molecule has 3 nitrogen and oxygen atoms in total. The van der Waals surface area contributed by atoms with Crippen molar-refractivity contribution in [1.29, 1.82) is 0 Å². The second-order valence-corrected chi connectivity index (χ2v) is 5.49. The molecule has 0 amide bonds. The lowest BCUT2D eigenvalue weighted by molar-refractivity contribution is 0.0900. The lowest BCUT2D eigenvalue weighted by Gasteiger charge is -2.21. The summed E-state index contributed by atoms with van der Waals surface area (Å²) in [6.07, 6.45) is 1.00. The molecule has 1 fully saturated rings. The highest BCUT2D eigenvalue weighted by Crippen LogP contribution is 2.41. The summed E-state index contributed by atoms with van der Waals surface area (Å²) in [7, 11) is 1.70. The molecule has 2 atom stereocenters. The lowest BCUT2D eigenvalue weighted by Crippen LogP contribution is -2.27. The number of methoxy groups -OCH3 is 1. The van der Waals surface area contributed by atoms with Crippen LogP contribution in [0.15, 0.2) is 18.2 Å². The Labute approximate surface area is 124 Å². The Kier molecular flexibility index (Phi) is 5.92. The average Bonchev–Trinajstić information content (AvgIpc) is 2.83. The van der Waals surface area contributed by atoms with Crippen LogP contribution in [-0.2, 0) is 9.47 Å². The summed E-state index contributed by atoms with van der Waals surface area (Å²) >= 11 is 12.5. The lowest BCUT2D eigenvalue weighted by atomic mass is 9.95. The van der Waals surface area contributed by atoms with Crippen LogP contribution in [0.25, 0.3) is 0 Å². The number of rotatable bonds is 6. The van der Waals surface area contributed by atoms with Gasteiger partial charge in [-0.05, 0) is 18.6 Å². The van der Waals surface area contributed by atoms with Gasteiger partial charge >= 0.3 is 0 Å². The van der Waals surface area contributed by atoms with Crippen LogP contribution < -0.4 is 5.32 Å². The summed E-state index contributed by atoms with van der Waals surface area (Å²) in [5, 5.41) is 4.74. The van der Waals surface area contributed by atoms with Crippen LogP contribution in [0.4, 0.5) is 0 Å². The smallest absolute Gasteiger partial charge is 0.0894 e. The van der Waals surface area contributed by atoms with Gasteiger partial charge in [0.25, 0.3) is 0 Å². The third kappa shape index (κ3) is 3.83. The van der Waals surface area contributed by atoms with Crippen molar-refractivity contribution in [3.8, 4) is 0 Å². The maximum atomic E-state index is 6.25. The third-order valence-corrected chi connectivity index (χ3v) is 4.05. The number of halogens is 2. The molecule has 1 aliphatic heterocycles. The Morgan fingerprint density at radius 2 is 2.11 bits per heavy atom. The minimum atomic E-state index is -0.0174. The van der Waals surface area contributed by atoms with Crippen molar-refractivity contribution < 1.29 is 9.47 Å². The van der Waals surface area contributed by atoms with Gasteiger partial charge in [0, 0.05) is 48.3 Å². The fourth-order valence-electron chi connectivity index (χ4n) is 2.41. The number of hydrogen-bond acceptors (Lipinski definition) is 3. The van der Waals surface area contributed by atoms with Gasteiger partial charge in [0.1, 0.15) is 0 Å². The van der Waals surface area contributed by atoms with E-state index in [4.69, 9.17) is 32.7 Å². The molecule has 106 valence electrons. The molecule has 5 heteroatoms. The van der Waals surface area contributed by atoms with Crippen LogP contribution in [0.3, 0.4) is 0 Å². The fourth-order valence-corrected chi connectivity index (χ4v) is 3.02. The largest absolute Gasteiger partial charge is 0.383 e. The van der Waals surface area contributed by atoms with E-state index < -0.39 is 0 Å². The van der Waals surface area contributed by atoms with Gasteiger partial charge in [0.05, 0.1) is 12.7 Å². The van der Waals surface area contributed by atoms with Gasteiger partial charge in [0.15, 0.2) is 0 Å². The first kappa shape index (κ1) is 15.1. The monoisotopic (exact) mass is 303 g/mol. The molecule has 1 N–H and O–H groups in total. The molecule has 1 aliphatic rings. The maximum Gasteiger partial charge on any atom is 0.0894 e. The summed E-state index contributed by atoms with van der Waals surface area (Å²) in [5.74, 6) is 0.397. The number of nitrogens with one attached hydrogen (secondary N) is 1.